The average molecular weight is 486 g/mol. The van der Waals surface area contributed by atoms with E-state index in [1.807, 2.05) is 24.3 Å². The number of carbonyl (C=O) groups is 1. The van der Waals surface area contributed by atoms with Crippen LogP contribution in [0.5, 0.6) is 5.75 Å². The van der Waals surface area contributed by atoms with Crippen LogP contribution in [0.15, 0.2) is 24.3 Å². The normalized spacial score (nSPS) is 12.9. The van der Waals surface area contributed by atoms with Gasteiger partial charge in [0.05, 0.1) is 19.8 Å². The monoisotopic (exact) mass is 485 g/mol. The van der Waals surface area contributed by atoms with Gasteiger partial charge in [-0.1, -0.05) is 76.8 Å². The lowest BCUT2D eigenvalue weighted by molar-refractivity contribution is -0.135. The van der Waals surface area contributed by atoms with Crippen LogP contribution in [0.2, 0.25) is 0 Å². The number of benzene rings is 1. The average Bonchev–Trinajstić information content (AvgIpc) is 2.82. The van der Waals surface area contributed by atoms with Crippen LogP contribution in [0.25, 0.3) is 0 Å². The number of nitrogens with one attached hydrogen (secondary N) is 1. The molecule has 190 valence electrons. The fourth-order valence-corrected chi connectivity index (χ4v) is 4.01. The molecule has 0 bridgehead atoms. The molecule has 2 unspecified atom stereocenters. The second-order valence-electron chi connectivity index (χ2n) is 8.20. The molecule has 1 rings (SSSR count). The standard InChI is InChI=1S/C25H44NO6P/c1-3-4-5-6-7-8-9-10-11-12-18-29-24-15-13-23(14-16-24)20-25(30-22-27)21-32-33(28)31-19-17-26-2/h13-16,22,25-26,28H,3-12,17-21H2,1-2H3. The summed E-state index contributed by atoms with van der Waals surface area (Å²) < 4.78 is 21.4. The Morgan fingerprint density at radius 1 is 0.939 bits per heavy atom. The fraction of sp³-hybridized carbons (Fsp3) is 0.720. The van der Waals surface area contributed by atoms with E-state index in [1.54, 1.807) is 7.05 Å². The van der Waals surface area contributed by atoms with E-state index >= 15 is 0 Å². The van der Waals surface area contributed by atoms with Crippen LogP contribution in [0, 0.1) is 0 Å². The molecule has 2 atom stereocenters. The lowest BCUT2D eigenvalue weighted by Gasteiger charge is -2.17. The Labute approximate surface area is 201 Å². The van der Waals surface area contributed by atoms with Gasteiger partial charge in [0.1, 0.15) is 11.9 Å². The Bertz CT molecular complexity index is 575. The van der Waals surface area contributed by atoms with Gasteiger partial charge in [-0.05, 0) is 31.2 Å². The first-order chi connectivity index (χ1) is 16.2. The van der Waals surface area contributed by atoms with Gasteiger partial charge in [0, 0.05) is 13.0 Å². The lowest BCUT2D eigenvalue weighted by atomic mass is 10.1. The molecule has 0 aliphatic carbocycles. The molecule has 0 fully saturated rings. The van der Waals surface area contributed by atoms with Gasteiger partial charge in [0.25, 0.3) is 6.47 Å². The summed E-state index contributed by atoms with van der Waals surface area (Å²) in [6.07, 6.45) is 13.1. The molecule has 7 nitrogen and oxygen atoms in total. The van der Waals surface area contributed by atoms with E-state index in [9.17, 15) is 9.69 Å². The SMILES string of the molecule is CCCCCCCCCCCCOc1ccc(CC(COP(O)OCCNC)OC=O)cc1. The summed E-state index contributed by atoms with van der Waals surface area (Å²) in [5.41, 5.74) is 0.995. The van der Waals surface area contributed by atoms with Gasteiger partial charge in [0.2, 0.25) is 0 Å². The van der Waals surface area contributed by atoms with Gasteiger partial charge < -0.3 is 28.7 Å². The van der Waals surface area contributed by atoms with Crippen molar-refractivity contribution < 1.29 is 28.2 Å². The molecule has 33 heavy (non-hydrogen) atoms. The second kappa shape index (κ2) is 21.3. The summed E-state index contributed by atoms with van der Waals surface area (Å²) in [5.74, 6) is 0.843. The number of ether oxygens (including phenoxy) is 2. The second-order valence-corrected chi connectivity index (χ2v) is 9.20. The van der Waals surface area contributed by atoms with Crippen molar-refractivity contribution in [3.05, 3.63) is 29.8 Å². The minimum Gasteiger partial charge on any atom is -0.494 e. The van der Waals surface area contributed by atoms with Gasteiger partial charge >= 0.3 is 8.60 Å². The van der Waals surface area contributed by atoms with Crippen LogP contribution in [0.1, 0.15) is 76.7 Å². The van der Waals surface area contributed by atoms with Crippen LogP contribution < -0.4 is 10.1 Å². The maximum atomic E-state index is 10.8. The Morgan fingerprint density at radius 3 is 2.18 bits per heavy atom. The predicted octanol–water partition coefficient (Wildman–Crippen LogP) is 5.54. The molecule has 0 aliphatic rings. The third-order valence-electron chi connectivity index (χ3n) is 5.33. The summed E-state index contributed by atoms with van der Waals surface area (Å²) in [7, 11) is -0.191. The van der Waals surface area contributed by atoms with Gasteiger partial charge in [-0.15, -0.1) is 0 Å². The van der Waals surface area contributed by atoms with Crippen molar-refractivity contribution in [2.45, 2.75) is 83.7 Å². The van der Waals surface area contributed by atoms with Crippen LogP contribution in [-0.4, -0.2) is 50.9 Å². The van der Waals surface area contributed by atoms with Crippen molar-refractivity contribution in [3.8, 4) is 5.75 Å². The van der Waals surface area contributed by atoms with Crippen molar-refractivity contribution in [1.82, 2.24) is 5.32 Å². The summed E-state index contributed by atoms with van der Waals surface area (Å²) in [6, 6.07) is 7.79. The number of hydrogen-bond donors (Lipinski definition) is 2. The molecule has 1 aromatic carbocycles. The van der Waals surface area contributed by atoms with E-state index in [1.165, 1.54) is 57.8 Å². The quantitative estimate of drug-likeness (QED) is 0.120. The minimum absolute atomic E-state index is 0.0670. The third-order valence-corrected chi connectivity index (χ3v) is 6.10. The Balaban J connectivity index is 2.18. The summed E-state index contributed by atoms with van der Waals surface area (Å²) in [5, 5.41) is 2.92. The number of unbranched alkanes of at least 4 members (excludes halogenated alkanes) is 9. The maximum Gasteiger partial charge on any atom is 0.330 e. The lowest BCUT2D eigenvalue weighted by Crippen LogP contribution is -2.21. The van der Waals surface area contributed by atoms with E-state index in [4.69, 9.17) is 18.5 Å². The summed E-state index contributed by atoms with van der Waals surface area (Å²) in [6.45, 7) is 4.42. The molecule has 0 heterocycles. The molecule has 0 spiro atoms. The molecular formula is C25H44NO6P. The Kier molecular flexibility index (Phi) is 19.2. The van der Waals surface area contributed by atoms with Crippen molar-refractivity contribution in [3.63, 3.8) is 0 Å². The highest BCUT2D eigenvalue weighted by atomic mass is 31.2. The molecule has 1 aromatic rings. The van der Waals surface area contributed by atoms with Crippen molar-refractivity contribution >= 4 is 15.1 Å². The van der Waals surface area contributed by atoms with Crippen LogP contribution in [0.3, 0.4) is 0 Å². The molecule has 0 radical (unpaired) electrons. The molecule has 2 N–H and O–H groups in total. The van der Waals surface area contributed by atoms with E-state index in [-0.39, 0.29) is 6.61 Å². The number of carbonyl (C=O) groups excluding carboxylic acids is 1. The number of likely N-dealkylation sites (N-methyl/N-ethyl adjacent to an activating group) is 1. The first-order valence-corrected chi connectivity index (χ1v) is 13.5. The van der Waals surface area contributed by atoms with Crippen LogP contribution in [-0.2, 0) is 25.0 Å². The highest BCUT2D eigenvalue weighted by Gasteiger charge is 2.15. The van der Waals surface area contributed by atoms with Crippen molar-refractivity contribution in [1.29, 1.82) is 0 Å². The van der Waals surface area contributed by atoms with E-state index in [0.717, 1.165) is 24.3 Å². The van der Waals surface area contributed by atoms with Gasteiger partial charge in [-0.25, -0.2) is 0 Å². The van der Waals surface area contributed by atoms with Crippen LogP contribution >= 0.6 is 8.60 Å². The zero-order valence-corrected chi connectivity index (χ0v) is 21.4. The van der Waals surface area contributed by atoms with E-state index in [2.05, 4.69) is 12.2 Å². The Hall–Kier alpha value is -1.24. The van der Waals surface area contributed by atoms with Crippen molar-refractivity contribution in [2.75, 3.05) is 33.4 Å². The summed E-state index contributed by atoms with van der Waals surface area (Å²) >= 11 is 0. The molecule has 0 saturated carbocycles. The molecule has 0 amide bonds. The first-order valence-electron chi connectivity index (χ1n) is 12.4. The smallest absolute Gasteiger partial charge is 0.330 e. The molecule has 8 heteroatoms. The van der Waals surface area contributed by atoms with Gasteiger partial charge in [-0.3, -0.25) is 4.79 Å². The van der Waals surface area contributed by atoms with Gasteiger partial charge in [0.15, 0.2) is 0 Å². The fourth-order valence-electron chi connectivity index (χ4n) is 3.40. The Morgan fingerprint density at radius 2 is 1.58 bits per heavy atom. The maximum absolute atomic E-state index is 10.8. The van der Waals surface area contributed by atoms with E-state index in [0.29, 0.717) is 26.0 Å². The van der Waals surface area contributed by atoms with Crippen molar-refractivity contribution in [2.24, 2.45) is 0 Å². The highest BCUT2D eigenvalue weighted by Crippen LogP contribution is 2.32. The number of rotatable bonds is 23. The molecule has 0 aromatic heterocycles. The zero-order chi connectivity index (χ0) is 24.0. The topological polar surface area (TPSA) is 86.2 Å². The zero-order valence-electron chi connectivity index (χ0n) is 20.5. The third kappa shape index (κ3) is 16.9. The van der Waals surface area contributed by atoms with E-state index < -0.39 is 14.7 Å². The highest BCUT2D eigenvalue weighted by molar-refractivity contribution is 7.40. The largest absolute Gasteiger partial charge is 0.494 e. The first kappa shape index (κ1) is 29.8. The van der Waals surface area contributed by atoms with Crippen LogP contribution in [0.4, 0.5) is 0 Å². The molecule has 0 saturated heterocycles. The predicted molar refractivity (Wildman–Crippen MR) is 133 cm³/mol. The summed E-state index contributed by atoms with van der Waals surface area (Å²) in [4.78, 5) is 20.5. The molecular weight excluding hydrogens is 441 g/mol. The number of hydrogen-bond acceptors (Lipinski definition) is 7. The molecule has 0 aliphatic heterocycles. The minimum atomic E-state index is -1.99. The van der Waals surface area contributed by atoms with Gasteiger partial charge in [-0.2, -0.15) is 0 Å².